The Morgan fingerprint density at radius 2 is 1.90 bits per heavy atom. The van der Waals surface area contributed by atoms with E-state index >= 15 is 0 Å². The number of aromatic nitrogens is 4. The maximum absolute atomic E-state index is 12.9. The molecule has 0 aliphatic heterocycles. The third-order valence-corrected chi connectivity index (χ3v) is 3.33. The summed E-state index contributed by atoms with van der Waals surface area (Å²) < 4.78 is 14.9. The van der Waals surface area contributed by atoms with Crippen LogP contribution in [0.4, 0.5) is 10.2 Å². The zero-order chi connectivity index (χ0) is 15.0. The van der Waals surface area contributed by atoms with Gasteiger partial charge in [0.1, 0.15) is 17.2 Å². The molecule has 21 heavy (non-hydrogen) atoms. The van der Waals surface area contributed by atoms with Crippen LogP contribution in [0.5, 0.6) is 0 Å². The molecule has 1 aromatic carbocycles. The van der Waals surface area contributed by atoms with Gasteiger partial charge in [-0.3, -0.25) is 0 Å². The number of anilines is 1. The highest BCUT2D eigenvalue weighted by Crippen LogP contribution is 2.20. The zero-order valence-corrected chi connectivity index (χ0v) is 11.9. The molecule has 0 atom stereocenters. The Bertz CT molecular complexity index is 777. The summed E-state index contributed by atoms with van der Waals surface area (Å²) in [4.78, 5) is 13.1. The molecule has 108 valence electrons. The smallest absolute Gasteiger partial charge is 0.166 e. The summed E-state index contributed by atoms with van der Waals surface area (Å²) in [5, 5.41) is 0. The summed E-state index contributed by atoms with van der Waals surface area (Å²) in [6, 6.07) is 6.53. The van der Waals surface area contributed by atoms with Crippen molar-refractivity contribution in [3.8, 4) is 0 Å². The van der Waals surface area contributed by atoms with Gasteiger partial charge >= 0.3 is 0 Å². The fourth-order valence-electron chi connectivity index (χ4n) is 2.23. The monoisotopic (exact) mass is 285 g/mol. The van der Waals surface area contributed by atoms with E-state index in [0.717, 1.165) is 11.2 Å². The molecule has 0 saturated heterocycles. The summed E-state index contributed by atoms with van der Waals surface area (Å²) in [5.74, 6) is 0.720. The van der Waals surface area contributed by atoms with Gasteiger partial charge in [-0.2, -0.15) is 0 Å². The molecule has 2 heterocycles. The average Bonchev–Trinajstić information content (AvgIpc) is 2.86. The van der Waals surface area contributed by atoms with Crippen LogP contribution in [-0.4, -0.2) is 19.5 Å². The number of hydrogen-bond acceptors (Lipinski definition) is 4. The van der Waals surface area contributed by atoms with E-state index < -0.39 is 0 Å². The summed E-state index contributed by atoms with van der Waals surface area (Å²) in [7, 11) is 0. The highest BCUT2D eigenvalue weighted by atomic mass is 19.1. The van der Waals surface area contributed by atoms with Gasteiger partial charge in [-0.15, -0.1) is 0 Å². The second-order valence-electron chi connectivity index (χ2n) is 5.25. The predicted octanol–water partition coefficient (Wildman–Crippen LogP) is 2.72. The van der Waals surface area contributed by atoms with Gasteiger partial charge in [-0.25, -0.2) is 19.3 Å². The molecule has 0 aliphatic carbocycles. The SMILES string of the molecule is CC(C)n1cnc2c(N)nc(Cc3ccc(F)cc3)nc21. The van der Waals surface area contributed by atoms with Gasteiger partial charge in [0.25, 0.3) is 0 Å². The van der Waals surface area contributed by atoms with Gasteiger partial charge in [-0.1, -0.05) is 12.1 Å². The van der Waals surface area contributed by atoms with E-state index in [1.165, 1.54) is 12.1 Å². The van der Waals surface area contributed by atoms with Crippen molar-refractivity contribution in [3.63, 3.8) is 0 Å². The first-order valence-electron chi connectivity index (χ1n) is 6.78. The van der Waals surface area contributed by atoms with Crippen LogP contribution >= 0.6 is 0 Å². The van der Waals surface area contributed by atoms with E-state index in [0.29, 0.717) is 23.6 Å². The first kappa shape index (κ1) is 13.5. The molecule has 3 rings (SSSR count). The Kier molecular flexibility index (Phi) is 3.29. The normalized spacial score (nSPS) is 11.4. The average molecular weight is 285 g/mol. The van der Waals surface area contributed by atoms with E-state index in [9.17, 15) is 4.39 Å². The molecule has 3 aromatic rings. The number of nitrogens with two attached hydrogens (primary N) is 1. The lowest BCUT2D eigenvalue weighted by atomic mass is 10.1. The minimum Gasteiger partial charge on any atom is -0.382 e. The molecular formula is C15H16FN5. The minimum atomic E-state index is -0.257. The zero-order valence-electron chi connectivity index (χ0n) is 11.9. The third-order valence-electron chi connectivity index (χ3n) is 3.33. The summed E-state index contributed by atoms with van der Waals surface area (Å²) in [6.45, 7) is 4.11. The maximum Gasteiger partial charge on any atom is 0.166 e. The molecule has 0 amide bonds. The van der Waals surface area contributed by atoms with E-state index in [2.05, 4.69) is 28.8 Å². The van der Waals surface area contributed by atoms with Crippen molar-refractivity contribution in [1.29, 1.82) is 0 Å². The molecule has 5 nitrogen and oxygen atoms in total. The van der Waals surface area contributed by atoms with Gasteiger partial charge in [0.05, 0.1) is 6.33 Å². The molecule has 0 spiro atoms. The van der Waals surface area contributed by atoms with Crippen LogP contribution in [0.1, 0.15) is 31.3 Å². The molecule has 0 fully saturated rings. The lowest BCUT2D eigenvalue weighted by Gasteiger charge is -2.08. The van der Waals surface area contributed by atoms with Gasteiger partial charge < -0.3 is 10.3 Å². The number of fused-ring (bicyclic) bond motifs is 1. The summed E-state index contributed by atoms with van der Waals surface area (Å²) in [5.41, 5.74) is 8.25. The molecule has 6 heteroatoms. The second kappa shape index (κ2) is 5.12. The molecule has 0 radical (unpaired) electrons. The highest BCUT2D eigenvalue weighted by Gasteiger charge is 2.13. The molecule has 0 aliphatic rings. The van der Waals surface area contributed by atoms with Crippen molar-refractivity contribution in [1.82, 2.24) is 19.5 Å². The Hall–Kier alpha value is -2.50. The molecule has 0 bridgehead atoms. The van der Waals surface area contributed by atoms with Crippen LogP contribution in [-0.2, 0) is 6.42 Å². The number of rotatable bonds is 3. The van der Waals surface area contributed by atoms with E-state index in [1.54, 1.807) is 18.5 Å². The molecule has 2 aromatic heterocycles. The van der Waals surface area contributed by atoms with Gasteiger partial charge in [0, 0.05) is 12.5 Å². The molecular weight excluding hydrogens is 269 g/mol. The van der Waals surface area contributed by atoms with Crippen molar-refractivity contribution in [3.05, 3.63) is 47.8 Å². The van der Waals surface area contributed by atoms with Crippen LogP contribution in [0.2, 0.25) is 0 Å². The number of hydrogen-bond donors (Lipinski definition) is 1. The standard InChI is InChI=1S/C15H16FN5/c1-9(2)21-8-18-13-14(17)19-12(20-15(13)21)7-10-3-5-11(16)6-4-10/h3-6,8-9H,7H2,1-2H3,(H2,17,19,20). The van der Waals surface area contributed by atoms with Crippen molar-refractivity contribution in [2.24, 2.45) is 0 Å². The maximum atomic E-state index is 12.9. The van der Waals surface area contributed by atoms with E-state index in [4.69, 9.17) is 5.73 Å². The van der Waals surface area contributed by atoms with Gasteiger partial charge in [0.15, 0.2) is 11.5 Å². The molecule has 0 saturated carbocycles. The Morgan fingerprint density at radius 3 is 2.57 bits per heavy atom. The first-order chi connectivity index (χ1) is 10.0. The van der Waals surface area contributed by atoms with Crippen molar-refractivity contribution < 1.29 is 4.39 Å². The molecule has 0 unspecified atom stereocenters. The summed E-state index contributed by atoms with van der Waals surface area (Å²) in [6.07, 6.45) is 2.23. The predicted molar refractivity (Wildman–Crippen MR) is 79.3 cm³/mol. The number of benzene rings is 1. The van der Waals surface area contributed by atoms with E-state index in [1.807, 2.05) is 4.57 Å². The fourth-order valence-corrected chi connectivity index (χ4v) is 2.23. The number of halogens is 1. The lowest BCUT2D eigenvalue weighted by Crippen LogP contribution is -2.05. The lowest BCUT2D eigenvalue weighted by molar-refractivity contribution is 0.611. The van der Waals surface area contributed by atoms with Crippen molar-refractivity contribution in [2.75, 3.05) is 5.73 Å². The fraction of sp³-hybridized carbons (Fsp3) is 0.267. The minimum absolute atomic E-state index is 0.239. The van der Waals surface area contributed by atoms with Crippen LogP contribution in [0, 0.1) is 5.82 Å². The second-order valence-corrected chi connectivity index (χ2v) is 5.25. The van der Waals surface area contributed by atoms with Crippen LogP contribution in [0.25, 0.3) is 11.2 Å². The van der Waals surface area contributed by atoms with Crippen LogP contribution in [0.3, 0.4) is 0 Å². The third kappa shape index (κ3) is 2.56. The highest BCUT2D eigenvalue weighted by molar-refractivity contribution is 5.81. The quantitative estimate of drug-likeness (QED) is 0.803. The van der Waals surface area contributed by atoms with Gasteiger partial charge in [-0.05, 0) is 31.5 Å². The van der Waals surface area contributed by atoms with Gasteiger partial charge in [0.2, 0.25) is 0 Å². The Balaban J connectivity index is 2.02. The topological polar surface area (TPSA) is 69.6 Å². The number of nitrogen functional groups attached to an aromatic ring is 1. The van der Waals surface area contributed by atoms with Crippen LogP contribution < -0.4 is 5.73 Å². The summed E-state index contributed by atoms with van der Waals surface area (Å²) >= 11 is 0. The Morgan fingerprint density at radius 1 is 1.19 bits per heavy atom. The Labute approximate surface area is 121 Å². The van der Waals surface area contributed by atoms with Crippen LogP contribution in [0.15, 0.2) is 30.6 Å². The van der Waals surface area contributed by atoms with Crippen molar-refractivity contribution in [2.45, 2.75) is 26.3 Å². The van der Waals surface area contributed by atoms with Crippen molar-refractivity contribution >= 4 is 17.0 Å². The molecule has 2 N–H and O–H groups in total. The number of imidazole rings is 1. The largest absolute Gasteiger partial charge is 0.382 e. The first-order valence-corrected chi connectivity index (χ1v) is 6.78. The number of nitrogens with zero attached hydrogens (tertiary/aromatic N) is 4. The van der Waals surface area contributed by atoms with E-state index in [-0.39, 0.29) is 11.9 Å².